The fraction of sp³-hybridized carbons (Fsp3) is 0.188. The zero-order chi connectivity index (χ0) is 15.6. The van der Waals surface area contributed by atoms with Crippen molar-refractivity contribution in [1.82, 2.24) is 5.43 Å². The van der Waals surface area contributed by atoms with Crippen molar-refractivity contribution in [1.29, 1.82) is 0 Å². The van der Waals surface area contributed by atoms with Crippen LogP contribution in [0.3, 0.4) is 0 Å². The van der Waals surface area contributed by atoms with E-state index in [4.69, 9.17) is 0 Å². The number of rotatable bonds is 3. The van der Waals surface area contributed by atoms with E-state index in [1.165, 1.54) is 12.1 Å². The maximum atomic E-state index is 12.8. The van der Waals surface area contributed by atoms with Crippen LogP contribution in [0, 0.1) is 0 Å². The molecule has 1 aliphatic heterocycles. The molecule has 0 saturated heterocycles. The molecule has 114 valence electrons. The van der Waals surface area contributed by atoms with Gasteiger partial charge in [-0.05, 0) is 23.8 Å². The van der Waals surface area contributed by atoms with E-state index in [0.29, 0.717) is 24.5 Å². The summed E-state index contributed by atoms with van der Waals surface area (Å²) in [6.45, 7) is 0.512. The van der Waals surface area contributed by atoms with Crippen molar-refractivity contribution >= 4 is 11.5 Å². The molecule has 3 rings (SSSR count). The number of amidine groups is 1. The van der Waals surface area contributed by atoms with Crippen LogP contribution in [0.25, 0.3) is 0 Å². The minimum atomic E-state index is -4.33. The molecular formula is C16H14F3N3. The van der Waals surface area contributed by atoms with Gasteiger partial charge in [0.15, 0.2) is 0 Å². The standard InChI is InChI=1S/C16H14F3N3/c17-16(18,19)13-6-4-5-12(9-13)10-15-21-20-11-22(15)14-7-2-1-3-8-14/h1-9,20H,10-11H2. The number of halogens is 3. The molecular weight excluding hydrogens is 291 g/mol. The Morgan fingerprint density at radius 1 is 1.05 bits per heavy atom. The Kier molecular flexibility index (Phi) is 3.75. The fourth-order valence-electron chi connectivity index (χ4n) is 2.37. The van der Waals surface area contributed by atoms with Crippen molar-refractivity contribution in [3.63, 3.8) is 0 Å². The third-order valence-corrected chi connectivity index (χ3v) is 3.43. The van der Waals surface area contributed by atoms with Crippen LogP contribution in [0.15, 0.2) is 59.7 Å². The summed E-state index contributed by atoms with van der Waals surface area (Å²) in [6.07, 6.45) is -3.99. The first kappa shape index (κ1) is 14.4. The van der Waals surface area contributed by atoms with Crippen molar-refractivity contribution in [2.24, 2.45) is 5.10 Å². The van der Waals surface area contributed by atoms with Crippen LogP contribution in [-0.2, 0) is 12.6 Å². The Hall–Kier alpha value is -2.50. The molecule has 3 nitrogen and oxygen atoms in total. The summed E-state index contributed by atoms with van der Waals surface area (Å²) < 4.78 is 38.3. The maximum absolute atomic E-state index is 12.8. The quantitative estimate of drug-likeness (QED) is 0.937. The smallest absolute Gasteiger partial charge is 0.309 e. The minimum absolute atomic E-state index is 0.339. The molecule has 0 atom stereocenters. The molecule has 0 bridgehead atoms. The van der Waals surface area contributed by atoms with E-state index in [1.54, 1.807) is 6.07 Å². The molecule has 0 spiro atoms. The van der Waals surface area contributed by atoms with Gasteiger partial charge >= 0.3 is 6.18 Å². The Bertz CT molecular complexity index is 681. The van der Waals surface area contributed by atoms with Crippen LogP contribution in [0.4, 0.5) is 18.9 Å². The lowest BCUT2D eigenvalue weighted by Crippen LogP contribution is -2.30. The van der Waals surface area contributed by atoms with E-state index < -0.39 is 11.7 Å². The fourth-order valence-corrected chi connectivity index (χ4v) is 2.37. The molecule has 0 amide bonds. The highest BCUT2D eigenvalue weighted by Gasteiger charge is 2.30. The van der Waals surface area contributed by atoms with Gasteiger partial charge in [0.25, 0.3) is 0 Å². The van der Waals surface area contributed by atoms with E-state index in [9.17, 15) is 13.2 Å². The first-order valence-corrected chi connectivity index (χ1v) is 6.82. The molecule has 22 heavy (non-hydrogen) atoms. The van der Waals surface area contributed by atoms with Gasteiger partial charge in [-0.15, -0.1) is 0 Å². The van der Waals surface area contributed by atoms with Crippen molar-refractivity contribution in [2.75, 3.05) is 11.6 Å². The first-order chi connectivity index (χ1) is 10.5. The number of nitrogens with zero attached hydrogens (tertiary/aromatic N) is 2. The second kappa shape index (κ2) is 5.71. The summed E-state index contributed by atoms with van der Waals surface area (Å²) in [5.41, 5.74) is 3.78. The largest absolute Gasteiger partial charge is 0.416 e. The van der Waals surface area contributed by atoms with Crippen molar-refractivity contribution < 1.29 is 13.2 Å². The predicted octanol–water partition coefficient (Wildman–Crippen LogP) is 3.63. The van der Waals surface area contributed by atoms with Gasteiger partial charge in [0.1, 0.15) is 12.5 Å². The van der Waals surface area contributed by atoms with E-state index in [0.717, 1.165) is 11.8 Å². The highest BCUT2D eigenvalue weighted by Crippen LogP contribution is 2.30. The Balaban J connectivity index is 1.81. The molecule has 0 aromatic heterocycles. The number of hydrazone groups is 1. The number of nitrogens with one attached hydrogen (secondary N) is 1. The molecule has 1 heterocycles. The third kappa shape index (κ3) is 3.05. The number of hydrogen-bond acceptors (Lipinski definition) is 3. The maximum Gasteiger partial charge on any atom is 0.416 e. The van der Waals surface area contributed by atoms with Crippen LogP contribution < -0.4 is 10.3 Å². The Morgan fingerprint density at radius 3 is 2.55 bits per heavy atom. The summed E-state index contributed by atoms with van der Waals surface area (Å²) in [7, 11) is 0. The predicted molar refractivity (Wildman–Crippen MR) is 79.5 cm³/mol. The van der Waals surface area contributed by atoms with E-state index in [-0.39, 0.29) is 0 Å². The number of anilines is 1. The molecule has 0 aliphatic carbocycles. The molecule has 1 aliphatic rings. The van der Waals surface area contributed by atoms with E-state index in [1.807, 2.05) is 35.2 Å². The van der Waals surface area contributed by atoms with Crippen LogP contribution in [0.5, 0.6) is 0 Å². The molecule has 0 saturated carbocycles. The second-order valence-corrected chi connectivity index (χ2v) is 4.98. The van der Waals surface area contributed by atoms with Crippen molar-refractivity contribution in [3.8, 4) is 0 Å². The monoisotopic (exact) mass is 305 g/mol. The average molecular weight is 305 g/mol. The Labute approximate surface area is 126 Å². The SMILES string of the molecule is FC(F)(F)c1cccc(CC2=NNCN2c2ccccc2)c1. The molecule has 0 unspecified atom stereocenters. The van der Waals surface area contributed by atoms with Gasteiger partial charge in [-0.2, -0.15) is 18.3 Å². The topological polar surface area (TPSA) is 27.6 Å². The van der Waals surface area contributed by atoms with Crippen molar-refractivity contribution in [3.05, 3.63) is 65.7 Å². The van der Waals surface area contributed by atoms with E-state index >= 15 is 0 Å². The highest BCUT2D eigenvalue weighted by atomic mass is 19.4. The van der Waals surface area contributed by atoms with Gasteiger partial charge in [0.05, 0.1) is 5.56 Å². The minimum Gasteiger partial charge on any atom is -0.309 e. The zero-order valence-corrected chi connectivity index (χ0v) is 11.6. The van der Waals surface area contributed by atoms with Crippen LogP contribution >= 0.6 is 0 Å². The van der Waals surface area contributed by atoms with Gasteiger partial charge in [-0.3, -0.25) is 5.43 Å². The summed E-state index contributed by atoms with van der Waals surface area (Å²) in [4.78, 5) is 1.94. The molecule has 2 aromatic carbocycles. The second-order valence-electron chi connectivity index (χ2n) is 4.98. The third-order valence-electron chi connectivity index (χ3n) is 3.43. The van der Waals surface area contributed by atoms with Crippen LogP contribution in [-0.4, -0.2) is 12.5 Å². The Morgan fingerprint density at radius 2 is 1.82 bits per heavy atom. The number of alkyl halides is 3. The summed E-state index contributed by atoms with van der Waals surface area (Å²) in [5.74, 6) is 0.700. The highest BCUT2D eigenvalue weighted by molar-refractivity contribution is 6.00. The lowest BCUT2D eigenvalue weighted by Gasteiger charge is -2.19. The van der Waals surface area contributed by atoms with Crippen molar-refractivity contribution in [2.45, 2.75) is 12.6 Å². The van der Waals surface area contributed by atoms with Crippen LogP contribution in [0.1, 0.15) is 11.1 Å². The van der Waals surface area contributed by atoms with E-state index in [2.05, 4.69) is 10.5 Å². The summed E-state index contributed by atoms with van der Waals surface area (Å²) >= 11 is 0. The number of benzene rings is 2. The lowest BCUT2D eigenvalue weighted by molar-refractivity contribution is -0.137. The number of hydrogen-bond donors (Lipinski definition) is 1. The lowest BCUT2D eigenvalue weighted by atomic mass is 10.1. The van der Waals surface area contributed by atoms with Crippen LogP contribution in [0.2, 0.25) is 0 Å². The first-order valence-electron chi connectivity index (χ1n) is 6.82. The molecule has 0 fully saturated rings. The van der Waals surface area contributed by atoms with Gasteiger partial charge in [0, 0.05) is 12.1 Å². The normalized spacial score (nSPS) is 14.7. The van der Waals surface area contributed by atoms with Gasteiger partial charge in [0.2, 0.25) is 0 Å². The van der Waals surface area contributed by atoms with Gasteiger partial charge in [-0.1, -0.05) is 36.4 Å². The van der Waals surface area contributed by atoms with Gasteiger partial charge in [-0.25, -0.2) is 0 Å². The summed E-state index contributed by atoms with van der Waals surface area (Å²) in [5, 5.41) is 4.19. The molecule has 6 heteroatoms. The molecule has 2 aromatic rings. The summed E-state index contributed by atoms with van der Waals surface area (Å²) in [6, 6.07) is 15.0. The molecule has 1 N–H and O–H groups in total. The average Bonchev–Trinajstić information content (AvgIpc) is 2.96. The molecule has 0 radical (unpaired) electrons. The number of para-hydroxylation sites is 1. The van der Waals surface area contributed by atoms with Gasteiger partial charge < -0.3 is 4.90 Å². The zero-order valence-electron chi connectivity index (χ0n) is 11.6.